The molecule has 2 saturated carbocycles. The smallest absolute Gasteiger partial charge is 0.336 e. The number of fused-ring (bicyclic) bond motifs is 3. The Kier molecular flexibility index (Phi) is 4.86. The van der Waals surface area contributed by atoms with Gasteiger partial charge in [0.15, 0.2) is 0 Å². The molecule has 1 N–H and O–H groups in total. The van der Waals surface area contributed by atoms with Crippen LogP contribution in [0.4, 0.5) is 0 Å². The van der Waals surface area contributed by atoms with Gasteiger partial charge in [0, 0.05) is 5.41 Å². The van der Waals surface area contributed by atoms with Crippen LogP contribution in [0.3, 0.4) is 0 Å². The van der Waals surface area contributed by atoms with E-state index in [-0.39, 0.29) is 29.5 Å². The third-order valence-corrected chi connectivity index (χ3v) is 8.22. The van der Waals surface area contributed by atoms with Gasteiger partial charge in [-0.2, -0.15) is 4.21 Å². The van der Waals surface area contributed by atoms with E-state index in [2.05, 4.69) is 20.4 Å². The molecule has 2 heterocycles. The Morgan fingerprint density at radius 3 is 2.81 bits per heavy atom. The van der Waals surface area contributed by atoms with Gasteiger partial charge in [-0.05, 0) is 49.4 Å². The Morgan fingerprint density at radius 2 is 2.11 bits per heavy atom. The summed E-state index contributed by atoms with van der Waals surface area (Å²) in [5.41, 5.74) is 1.39. The molecule has 4 fully saturated rings. The Labute approximate surface area is 162 Å². The number of aliphatic hydroxyl groups is 1. The molecule has 150 valence electrons. The number of hydrogen-bond donors (Lipinski definition) is 1. The molecule has 0 aromatic rings. The molecule has 0 spiro atoms. The van der Waals surface area contributed by atoms with E-state index in [1.165, 1.54) is 5.57 Å². The van der Waals surface area contributed by atoms with Crippen LogP contribution < -0.4 is 0 Å². The third kappa shape index (κ3) is 3.03. The lowest BCUT2D eigenvalue weighted by atomic mass is 9.46. The summed E-state index contributed by atoms with van der Waals surface area (Å²) in [4.78, 5) is 11.8. The van der Waals surface area contributed by atoms with E-state index in [9.17, 15) is 14.1 Å². The van der Waals surface area contributed by atoms with Crippen molar-refractivity contribution in [3.05, 3.63) is 23.8 Å². The molecule has 0 aromatic carbocycles. The first kappa shape index (κ1) is 19.3. The van der Waals surface area contributed by atoms with E-state index in [0.29, 0.717) is 24.5 Å². The summed E-state index contributed by atoms with van der Waals surface area (Å²) in [6, 6.07) is 0. The fraction of sp³-hybridized carbons (Fsp3) is 0.750. The van der Waals surface area contributed by atoms with E-state index >= 15 is 0 Å². The summed E-state index contributed by atoms with van der Waals surface area (Å²) in [6.07, 6.45) is 5.36. The quantitative estimate of drug-likeness (QED) is 0.439. The summed E-state index contributed by atoms with van der Waals surface area (Å²) >= 11 is -1.65. The second-order valence-electron chi connectivity index (χ2n) is 8.91. The molecule has 2 aliphatic heterocycles. The van der Waals surface area contributed by atoms with E-state index < -0.39 is 23.4 Å². The predicted octanol–water partition coefficient (Wildman–Crippen LogP) is 2.60. The van der Waals surface area contributed by atoms with Crippen molar-refractivity contribution in [3.8, 4) is 0 Å². The number of hydrogen-bond acceptors (Lipinski definition) is 6. The van der Waals surface area contributed by atoms with Crippen LogP contribution in [0.2, 0.25) is 0 Å². The highest BCUT2D eigenvalue weighted by molar-refractivity contribution is 7.75. The van der Waals surface area contributed by atoms with Gasteiger partial charge in [-0.1, -0.05) is 32.1 Å². The number of rotatable bonds is 2. The van der Waals surface area contributed by atoms with Crippen molar-refractivity contribution in [3.63, 3.8) is 0 Å². The first-order valence-electron chi connectivity index (χ1n) is 9.71. The zero-order valence-electron chi connectivity index (χ0n) is 15.9. The molecule has 2 saturated heterocycles. The SMILES string of the molecule is C=C1CC[C@H]2[C@@](C)(CCC3OS(=O)OC[C@]32C)[C@@H]1C/C=C1/C(=O)OC[C@H]1O. The summed E-state index contributed by atoms with van der Waals surface area (Å²) in [7, 11) is 0. The fourth-order valence-electron chi connectivity index (χ4n) is 5.98. The van der Waals surface area contributed by atoms with E-state index in [4.69, 9.17) is 13.1 Å². The largest absolute Gasteiger partial charge is 0.459 e. The van der Waals surface area contributed by atoms with Crippen LogP contribution in [0.15, 0.2) is 23.8 Å². The van der Waals surface area contributed by atoms with Crippen LogP contribution in [0.1, 0.15) is 46.0 Å². The van der Waals surface area contributed by atoms with Gasteiger partial charge < -0.3 is 9.84 Å². The van der Waals surface area contributed by atoms with Crippen molar-refractivity contribution in [2.24, 2.45) is 22.7 Å². The molecule has 2 unspecified atom stereocenters. The summed E-state index contributed by atoms with van der Waals surface area (Å²) in [6.45, 7) is 9.32. The van der Waals surface area contributed by atoms with Gasteiger partial charge in [0.2, 0.25) is 0 Å². The van der Waals surface area contributed by atoms with Crippen molar-refractivity contribution in [2.45, 2.75) is 58.2 Å². The monoisotopic (exact) mass is 396 g/mol. The molecular formula is C20H28O6S. The molecule has 0 aromatic heterocycles. The maximum Gasteiger partial charge on any atom is 0.336 e. The first-order valence-corrected chi connectivity index (χ1v) is 10.7. The highest BCUT2D eigenvalue weighted by Gasteiger charge is 2.60. The molecule has 0 bridgehead atoms. The zero-order chi connectivity index (χ0) is 19.4. The van der Waals surface area contributed by atoms with Gasteiger partial charge in [0.1, 0.15) is 12.7 Å². The molecule has 2 aliphatic carbocycles. The molecule has 0 amide bonds. The molecule has 6 nitrogen and oxygen atoms in total. The lowest BCUT2D eigenvalue weighted by molar-refractivity contribution is -0.154. The molecule has 27 heavy (non-hydrogen) atoms. The average Bonchev–Trinajstić information content (AvgIpc) is 2.93. The van der Waals surface area contributed by atoms with Crippen LogP contribution in [0, 0.1) is 22.7 Å². The second kappa shape index (κ2) is 6.79. The Balaban J connectivity index is 1.62. The third-order valence-electron chi connectivity index (χ3n) is 7.52. The van der Waals surface area contributed by atoms with E-state index in [1.807, 2.05) is 6.08 Å². The van der Waals surface area contributed by atoms with Gasteiger partial charge >= 0.3 is 17.3 Å². The standard InChI is InChI=1S/C20H28O6S/c1-12-4-7-16-19(2,9-8-17-20(16,3)11-25-27(23)26-17)14(12)6-5-13-15(21)10-24-18(13)22/h5,14-17,21H,1,4,6-11H2,2-3H3/b13-5+/t14-,15-,16+,17?,19+,20+,27?/m1/s1. The number of esters is 1. The Bertz CT molecular complexity index is 717. The Hall–Kier alpha value is -1.02. The number of ether oxygens (including phenoxy) is 1. The second-order valence-corrected chi connectivity index (χ2v) is 9.75. The normalized spacial score (nSPS) is 48.9. The topological polar surface area (TPSA) is 82.1 Å². The lowest BCUT2D eigenvalue weighted by Gasteiger charge is -2.61. The van der Waals surface area contributed by atoms with Crippen molar-refractivity contribution in [1.29, 1.82) is 0 Å². The summed E-state index contributed by atoms with van der Waals surface area (Å²) < 4.78 is 27.7. The average molecular weight is 397 g/mol. The zero-order valence-corrected chi connectivity index (χ0v) is 16.8. The highest BCUT2D eigenvalue weighted by Crippen LogP contribution is 2.63. The van der Waals surface area contributed by atoms with Gasteiger partial charge in [-0.25, -0.2) is 4.79 Å². The van der Waals surface area contributed by atoms with Crippen LogP contribution in [-0.2, 0) is 29.3 Å². The Morgan fingerprint density at radius 1 is 1.33 bits per heavy atom. The van der Waals surface area contributed by atoms with Crippen molar-refractivity contribution >= 4 is 17.3 Å². The summed E-state index contributed by atoms with van der Waals surface area (Å²) in [5.74, 6) is 0.155. The molecule has 0 radical (unpaired) electrons. The minimum Gasteiger partial charge on any atom is -0.459 e. The molecule has 7 heteroatoms. The molecule has 4 rings (SSSR count). The number of aliphatic hydroxyl groups excluding tert-OH is 1. The highest BCUT2D eigenvalue weighted by atomic mass is 32.2. The maximum atomic E-state index is 11.8. The van der Waals surface area contributed by atoms with E-state index in [0.717, 1.165) is 25.7 Å². The van der Waals surface area contributed by atoms with Gasteiger partial charge in [-0.15, -0.1) is 0 Å². The van der Waals surface area contributed by atoms with Gasteiger partial charge in [0.25, 0.3) is 0 Å². The van der Waals surface area contributed by atoms with Crippen molar-refractivity contribution in [1.82, 2.24) is 0 Å². The summed E-state index contributed by atoms with van der Waals surface area (Å²) in [5, 5.41) is 9.97. The van der Waals surface area contributed by atoms with Gasteiger partial charge in [0.05, 0.1) is 18.3 Å². The van der Waals surface area contributed by atoms with Crippen molar-refractivity contribution in [2.75, 3.05) is 13.2 Å². The molecular weight excluding hydrogens is 368 g/mol. The first-order chi connectivity index (χ1) is 12.8. The fourth-order valence-corrected chi connectivity index (χ4v) is 6.90. The van der Waals surface area contributed by atoms with Gasteiger partial charge in [-0.3, -0.25) is 8.37 Å². The molecule has 4 aliphatic rings. The number of cyclic esters (lactones) is 1. The van der Waals surface area contributed by atoms with Crippen molar-refractivity contribution < 1.29 is 27.2 Å². The lowest BCUT2D eigenvalue weighted by Crippen LogP contribution is -2.60. The van der Waals surface area contributed by atoms with Crippen LogP contribution in [0.25, 0.3) is 0 Å². The molecule has 7 atom stereocenters. The van der Waals surface area contributed by atoms with E-state index in [1.54, 1.807) is 0 Å². The minimum atomic E-state index is -1.65. The number of carbonyl (C=O) groups is 1. The predicted molar refractivity (Wildman–Crippen MR) is 99.4 cm³/mol. The number of carbonyl (C=O) groups excluding carboxylic acids is 1. The van der Waals surface area contributed by atoms with Crippen LogP contribution in [0.5, 0.6) is 0 Å². The van der Waals surface area contributed by atoms with Crippen LogP contribution in [-0.4, -0.2) is 40.7 Å². The maximum absolute atomic E-state index is 11.8. The number of allylic oxidation sites excluding steroid dienone is 2. The van der Waals surface area contributed by atoms with Crippen LogP contribution >= 0.6 is 0 Å². The minimum absolute atomic E-state index is 0.00332.